The van der Waals surface area contributed by atoms with Crippen molar-refractivity contribution >= 4 is 45.3 Å². The van der Waals surface area contributed by atoms with Crippen molar-refractivity contribution < 1.29 is 9.72 Å². The van der Waals surface area contributed by atoms with Crippen molar-refractivity contribution in [3.05, 3.63) is 91.2 Å². The predicted molar refractivity (Wildman–Crippen MR) is 109 cm³/mol. The van der Waals surface area contributed by atoms with Crippen molar-refractivity contribution in [2.75, 3.05) is 0 Å². The van der Waals surface area contributed by atoms with Crippen molar-refractivity contribution in [1.82, 2.24) is 15.2 Å². The fourth-order valence-electron chi connectivity index (χ4n) is 2.35. The van der Waals surface area contributed by atoms with Crippen LogP contribution < -0.4 is 5.43 Å². The molecule has 1 aromatic heterocycles. The zero-order chi connectivity index (χ0) is 20.1. The molecule has 0 unspecified atom stereocenters. The van der Waals surface area contributed by atoms with Crippen LogP contribution >= 0.6 is 27.5 Å². The van der Waals surface area contributed by atoms with Gasteiger partial charge in [-0.3, -0.25) is 19.6 Å². The van der Waals surface area contributed by atoms with E-state index in [-0.39, 0.29) is 16.4 Å². The molecule has 0 aliphatic carbocycles. The van der Waals surface area contributed by atoms with Crippen LogP contribution in [0.15, 0.2) is 64.3 Å². The number of carbonyl (C=O) groups is 1. The molecule has 0 spiro atoms. The van der Waals surface area contributed by atoms with Crippen LogP contribution in [0.4, 0.5) is 5.69 Å². The van der Waals surface area contributed by atoms with Gasteiger partial charge in [-0.2, -0.15) is 10.2 Å². The highest BCUT2D eigenvalue weighted by Gasteiger charge is 2.10. The molecule has 0 atom stereocenters. The van der Waals surface area contributed by atoms with Gasteiger partial charge >= 0.3 is 0 Å². The second-order valence-electron chi connectivity index (χ2n) is 5.69. The van der Waals surface area contributed by atoms with Crippen LogP contribution in [0.2, 0.25) is 5.02 Å². The Morgan fingerprint density at radius 3 is 2.89 bits per heavy atom. The van der Waals surface area contributed by atoms with Gasteiger partial charge in [-0.15, -0.1) is 0 Å². The quantitative estimate of drug-likeness (QED) is 0.339. The fraction of sp³-hybridized carbons (Fsp3) is 0.0556. The standard InChI is InChI=1S/C18H13BrClN5O3/c19-14-3-1-2-12(8-14)11-24-7-6-17(23-24)18(26)22-21-10-13-9-15(25(27)28)4-5-16(13)20/h1-10H,11H2,(H,22,26)/b21-10+. The summed E-state index contributed by atoms with van der Waals surface area (Å²) in [7, 11) is 0. The lowest BCUT2D eigenvalue weighted by atomic mass is 10.2. The molecule has 3 aromatic rings. The average molecular weight is 463 g/mol. The van der Waals surface area contributed by atoms with Crippen molar-refractivity contribution in [2.24, 2.45) is 5.10 Å². The number of nitrogens with zero attached hydrogens (tertiary/aromatic N) is 4. The topological polar surface area (TPSA) is 102 Å². The van der Waals surface area contributed by atoms with Crippen LogP contribution in [0.5, 0.6) is 0 Å². The Labute approximate surface area is 173 Å². The van der Waals surface area contributed by atoms with Gasteiger partial charge in [0.25, 0.3) is 11.6 Å². The summed E-state index contributed by atoms with van der Waals surface area (Å²) in [5.74, 6) is -0.509. The van der Waals surface area contributed by atoms with Gasteiger partial charge in [-0.05, 0) is 29.8 Å². The minimum absolute atomic E-state index is 0.122. The van der Waals surface area contributed by atoms with Crippen molar-refractivity contribution in [3.63, 3.8) is 0 Å². The van der Waals surface area contributed by atoms with Crippen LogP contribution in [-0.2, 0) is 6.54 Å². The smallest absolute Gasteiger partial charge is 0.268 e. The molecule has 0 saturated heterocycles. The average Bonchev–Trinajstić information content (AvgIpc) is 3.11. The van der Waals surface area contributed by atoms with Gasteiger partial charge in [0.15, 0.2) is 5.69 Å². The third-order valence-electron chi connectivity index (χ3n) is 3.67. The lowest BCUT2D eigenvalue weighted by Crippen LogP contribution is -2.18. The number of amides is 1. The molecule has 0 aliphatic rings. The number of hydrogen-bond acceptors (Lipinski definition) is 5. The zero-order valence-electron chi connectivity index (χ0n) is 14.3. The SMILES string of the molecule is O=C(N/N=C/c1cc([N+](=O)[O-])ccc1Cl)c1ccn(Cc2cccc(Br)c2)n1. The highest BCUT2D eigenvalue weighted by molar-refractivity contribution is 9.10. The molecule has 0 saturated carbocycles. The number of hydrazone groups is 1. The third kappa shape index (κ3) is 5.02. The Balaban J connectivity index is 1.64. The first kappa shape index (κ1) is 19.7. The van der Waals surface area contributed by atoms with E-state index in [1.165, 1.54) is 24.4 Å². The Morgan fingerprint density at radius 1 is 1.32 bits per heavy atom. The maximum Gasteiger partial charge on any atom is 0.291 e. The van der Waals surface area contributed by atoms with Crippen LogP contribution in [0.3, 0.4) is 0 Å². The van der Waals surface area contributed by atoms with Gasteiger partial charge in [0.1, 0.15) is 0 Å². The molecule has 1 N–H and O–H groups in total. The number of hydrogen-bond donors (Lipinski definition) is 1. The van der Waals surface area contributed by atoms with Crippen LogP contribution in [0, 0.1) is 10.1 Å². The highest BCUT2D eigenvalue weighted by Crippen LogP contribution is 2.20. The largest absolute Gasteiger partial charge is 0.291 e. The summed E-state index contributed by atoms with van der Waals surface area (Å²) < 4.78 is 2.60. The molecule has 0 aliphatic heterocycles. The monoisotopic (exact) mass is 461 g/mol. The van der Waals surface area contributed by atoms with E-state index in [9.17, 15) is 14.9 Å². The van der Waals surface area contributed by atoms with E-state index >= 15 is 0 Å². The number of aromatic nitrogens is 2. The molecule has 1 heterocycles. The number of benzene rings is 2. The van der Waals surface area contributed by atoms with Gasteiger partial charge in [-0.1, -0.05) is 39.7 Å². The van der Waals surface area contributed by atoms with Crippen molar-refractivity contribution in [3.8, 4) is 0 Å². The Hall–Kier alpha value is -3.04. The van der Waals surface area contributed by atoms with Gasteiger partial charge in [-0.25, -0.2) is 5.43 Å². The molecular weight excluding hydrogens is 450 g/mol. The zero-order valence-corrected chi connectivity index (χ0v) is 16.6. The Kier molecular flexibility index (Phi) is 6.17. The molecule has 10 heteroatoms. The summed E-state index contributed by atoms with van der Waals surface area (Å²) in [4.78, 5) is 22.4. The summed E-state index contributed by atoms with van der Waals surface area (Å²) in [5, 5.41) is 19.1. The maximum atomic E-state index is 12.2. The second kappa shape index (κ2) is 8.77. The predicted octanol–water partition coefficient (Wildman–Crippen LogP) is 4.02. The second-order valence-corrected chi connectivity index (χ2v) is 7.01. The first-order valence-electron chi connectivity index (χ1n) is 7.97. The number of nitro groups is 1. The number of carbonyl (C=O) groups excluding carboxylic acids is 1. The first-order valence-corrected chi connectivity index (χ1v) is 9.15. The molecule has 142 valence electrons. The van der Waals surface area contributed by atoms with Gasteiger partial charge in [0, 0.05) is 33.4 Å². The van der Waals surface area contributed by atoms with Gasteiger partial charge in [0.2, 0.25) is 0 Å². The molecule has 8 nitrogen and oxygen atoms in total. The van der Waals surface area contributed by atoms with E-state index in [1.54, 1.807) is 16.9 Å². The van der Waals surface area contributed by atoms with Crippen molar-refractivity contribution in [1.29, 1.82) is 0 Å². The highest BCUT2D eigenvalue weighted by atomic mass is 79.9. The maximum absolute atomic E-state index is 12.2. The molecule has 0 bridgehead atoms. The van der Waals surface area contributed by atoms with Crippen LogP contribution in [0.1, 0.15) is 21.6 Å². The van der Waals surface area contributed by atoms with E-state index in [0.29, 0.717) is 12.1 Å². The minimum atomic E-state index is -0.538. The number of non-ortho nitro benzene ring substituents is 1. The normalized spacial score (nSPS) is 10.9. The fourth-order valence-corrected chi connectivity index (χ4v) is 2.97. The molecule has 1 amide bonds. The number of halogens is 2. The van der Waals surface area contributed by atoms with E-state index in [0.717, 1.165) is 10.0 Å². The summed E-state index contributed by atoms with van der Waals surface area (Å²) in [6, 6.07) is 13.3. The van der Waals surface area contributed by atoms with Gasteiger partial charge < -0.3 is 0 Å². The Bertz CT molecular complexity index is 1070. The van der Waals surface area contributed by atoms with E-state index in [1.807, 2.05) is 24.3 Å². The summed E-state index contributed by atoms with van der Waals surface area (Å²) >= 11 is 9.39. The summed E-state index contributed by atoms with van der Waals surface area (Å²) in [6.07, 6.45) is 2.93. The molecule has 3 rings (SSSR count). The third-order valence-corrected chi connectivity index (χ3v) is 4.50. The minimum Gasteiger partial charge on any atom is -0.268 e. The van der Waals surface area contributed by atoms with E-state index in [2.05, 4.69) is 31.6 Å². The lowest BCUT2D eigenvalue weighted by Gasteiger charge is -2.02. The molecular formula is C18H13BrClN5O3. The number of rotatable bonds is 6. The number of nitro benzene ring substituents is 1. The number of nitrogens with one attached hydrogen (secondary N) is 1. The molecule has 0 radical (unpaired) electrons. The first-order chi connectivity index (χ1) is 13.4. The molecule has 0 fully saturated rings. The Morgan fingerprint density at radius 2 is 2.14 bits per heavy atom. The van der Waals surface area contributed by atoms with E-state index in [4.69, 9.17) is 11.6 Å². The molecule has 2 aromatic carbocycles. The van der Waals surface area contributed by atoms with Crippen LogP contribution in [0.25, 0.3) is 0 Å². The summed E-state index contributed by atoms with van der Waals surface area (Å²) in [5.41, 5.74) is 3.74. The lowest BCUT2D eigenvalue weighted by molar-refractivity contribution is -0.384. The van der Waals surface area contributed by atoms with E-state index < -0.39 is 10.8 Å². The van der Waals surface area contributed by atoms with Crippen molar-refractivity contribution in [2.45, 2.75) is 6.54 Å². The van der Waals surface area contributed by atoms with Gasteiger partial charge in [0.05, 0.1) is 17.7 Å². The molecule has 28 heavy (non-hydrogen) atoms. The summed E-state index contributed by atoms with van der Waals surface area (Å²) in [6.45, 7) is 0.513. The van der Waals surface area contributed by atoms with Crippen LogP contribution in [-0.4, -0.2) is 26.8 Å².